The van der Waals surface area contributed by atoms with Crippen LogP contribution in [-0.2, 0) is 27.6 Å². The molecule has 1 amide bonds. The van der Waals surface area contributed by atoms with Gasteiger partial charge in [-0.1, -0.05) is 18.2 Å². The number of benzene rings is 2. The summed E-state index contributed by atoms with van der Waals surface area (Å²) in [6, 6.07) is 7.50. The molecule has 1 heterocycles. The first-order chi connectivity index (χ1) is 12.0. The Kier molecular flexibility index (Phi) is 5.88. The number of halogens is 3. The van der Waals surface area contributed by atoms with Gasteiger partial charge in [0.1, 0.15) is 0 Å². The minimum absolute atomic E-state index is 0. The standard InChI is InChI=1S/C16H10F3NO5S.Na.H/c17-16(18,19)12-4-2-1-3-9(12)8-20-13-6-5-10(26(23,24)25)7-11(13)14(21)15(20)22;;/h1-7H,8H2,(H,23,24,25);;. The Balaban J connectivity index is 0.00000261. The molecule has 0 saturated heterocycles. The normalized spacial score (nSPS) is 14.1. The number of Topliss-reactive ketones (excluding diaryl/α,β-unsaturated/α-hetero) is 1. The first-order valence-corrected chi connectivity index (χ1v) is 8.57. The van der Waals surface area contributed by atoms with Gasteiger partial charge >= 0.3 is 35.7 Å². The molecular weight excluding hydrogens is 398 g/mol. The fourth-order valence-corrected chi connectivity index (χ4v) is 3.21. The fourth-order valence-electron chi connectivity index (χ4n) is 2.70. The summed E-state index contributed by atoms with van der Waals surface area (Å²) in [5.41, 5.74) is -1.48. The second-order valence-corrected chi connectivity index (χ2v) is 6.95. The number of nitrogens with zero attached hydrogens (tertiary/aromatic N) is 1. The molecule has 0 aromatic heterocycles. The SMILES string of the molecule is O=C1C(=O)N(Cc2ccccc2C(F)(F)F)c2ccc(S(=O)(=O)O)cc21.[NaH]. The van der Waals surface area contributed by atoms with E-state index in [-0.39, 0.29) is 46.4 Å². The molecule has 6 nitrogen and oxygen atoms in total. The van der Waals surface area contributed by atoms with Crippen LogP contribution in [0.3, 0.4) is 0 Å². The molecule has 1 N–H and O–H groups in total. The molecule has 2 aromatic rings. The van der Waals surface area contributed by atoms with Crippen LogP contribution >= 0.6 is 0 Å². The van der Waals surface area contributed by atoms with Crippen molar-refractivity contribution in [1.29, 1.82) is 0 Å². The van der Waals surface area contributed by atoms with E-state index in [2.05, 4.69) is 0 Å². The summed E-state index contributed by atoms with van der Waals surface area (Å²) in [6.07, 6.45) is -4.64. The van der Waals surface area contributed by atoms with E-state index in [4.69, 9.17) is 4.55 Å². The summed E-state index contributed by atoms with van der Waals surface area (Å²) in [6.45, 7) is -0.515. The summed E-state index contributed by atoms with van der Waals surface area (Å²) in [5.74, 6) is -2.14. The summed E-state index contributed by atoms with van der Waals surface area (Å²) in [4.78, 5) is 24.5. The van der Waals surface area contributed by atoms with E-state index in [1.54, 1.807) is 0 Å². The van der Waals surface area contributed by atoms with Crippen molar-refractivity contribution >= 4 is 57.1 Å². The molecule has 11 heteroatoms. The van der Waals surface area contributed by atoms with Gasteiger partial charge in [0.2, 0.25) is 0 Å². The van der Waals surface area contributed by atoms with Crippen LogP contribution in [0, 0.1) is 0 Å². The van der Waals surface area contributed by atoms with Crippen LogP contribution in [0.1, 0.15) is 21.5 Å². The van der Waals surface area contributed by atoms with Crippen molar-refractivity contribution in [3.8, 4) is 0 Å². The first kappa shape index (κ1) is 21.6. The second kappa shape index (κ2) is 7.36. The van der Waals surface area contributed by atoms with E-state index in [0.29, 0.717) is 0 Å². The van der Waals surface area contributed by atoms with Crippen molar-refractivity contribution < 1.29 is 35.7 Å². The fraction of sp³-hybridized carbons (Fsp3) is 0.125. The number of ketones is 1. The molecular formula is C16H11F3NNaO5S. The van der Waals surface area contributed by atoms with E-state index >= 15 is 0 Å². The van der Waals surface area contributed by atoms with Crippen molar-refractivity contribution in [2.45, 2.75) is 17.6 Å². The van der Waals surface area contributed by atoms with Crippen molar-refractivity contribution in [2.75, 3.05) is 4.90 Å². The van der Waals surface area contributed by atoms with Crippen molar-refractivity contribution in [3.63, 3.8) is 0 Å². The average molecular weight is 409 g/mol. The van der Waals surface area contributed by atoms with Crippen LogP contribution in [-0.4, -0.2) is 54.2 Å². The number of fused-ring (bicyclic) bond motifs is 1. The molecule has 0 aliphatic carbocycles. The summed E-state index contributed by atoms with van der Waals surface area (Å²) in [5, 5.41) is 0. The Morgan fingerprint density at radius 2 is 1.67 bits per heavy atom. The van der Waals surface area contributed by atoms with Gasteiger partial charge in [-0.05, 0) is 29.8 Å². The Bertz CT molecular complexity index is 1040. The Morgan fingerprint density at radius 3 is 2.26 bits per heavy atom. The zero-order chi connectivity index (χ0) is 19.3. The van der Waals surface area contributed by atoms with Gasteiger partial charge in [0.25, 0.3) is 21.8 Å². The zero-order valence-electron chi connectivity index (χ0n) is 12.8. The topological polar surface area (TPSA) is 91.8 Å². The van der Waals surface area contributed by atoms with E-state index in [1.807, 2.05) is 0 Å². The van der Waals surface area contributed by atoms with Crippen molar-refractivity contribution in [3.05, 3.63) is 59.2 Å². The number of alkyl halides is 3. The van der Waals surface area contributed by atoms with Crippen LogP contribution in [0.15, 0.2) is 47.4 Å². The number of hydrogen-bond acceptors (Lipinski definition) is 4. The number of rotatable bonds is 3. The van der Waals surface area contributed by atoms with Gasteiger partial charge in [-0.25, -0.2) is 0 Å². The maximum atomic E-state index is 13.1. The molecule has 138 valence electrons. The molecule has 27 heavy (non-hydrogen) atoms. The van der Waals surface area contributed by atoms with Crippen molar-refractivity contribution in [1.82, 2.24) is 0 Å². The van der Waals surface area contributed by atoms with Crippen LogP contribution in [0.25, 0.3) is 0 Å². The summed E-state index contributed by atoms with van der Waals surface area (Å²) < 4.78 is 70.7. The number of hydrogen-bond donors (Lipinski definition) is 1. The van der Waals surface area contributed by atoms with Gasteiger partial charge in [-0.15, -0.1) is 0 Å². The Labute approximate surface area is 174 Å². The third-order valence-electron chi connectivity index (χ3n) is 3.89. The third kappa shape index (κ3) is 4.09. The second-order valence-electron chi connectivity index (χ2n) is 5.53. The molecule has 1 aliphatic rings. The van der Waals surface area contributed by atoms with Gasteiger partial charge in [0.15, 0.2) is 0 Å². The predicted molar refractivity (Wildman–Crippen MR) is 90.4 cm³/mol. The van der Waals surface area contributed by atoms with Crippen LogP contribution in [0.5, 0.6) is 0 Å². The average Bonchev–Trinajstić information content (AvgIpc) is 2.78. The number of carbonyl (C=O) groups excluding carboxylic acids is 2. The van der Waals surface area contributed by atoms with Gasteiger partial charge < -0.3 is 4.90 Å². The zero-order valence-corrected chi connectivity index (χ0v) is 13.6. The number of amides is 1. The monoisotopic (exact) mass is 409 g/mol. The van der Waals surface area contributed by atoms with E-state index in [0.717, 1.165) is 29.2 Å². The van der Waals surface area contributed by atoms with Crippen LogP contribution in [0.2, 0.25) is 0 Å². The van der Waals surface area contributed by atoms with Gasteiger partial charge in [0.05, 0.1) is 28.3 Å². The van der Waals surface area contributed by atoms with Crippen LogP contribution in [0.4, 0.5) is 18.9 Å². The molecule has 0 atom stereocenters. The van der Waals surface area contributed by atoms with Gasteiger partial charge in [0, 0.05) is 0 Å². The molecule has 3 rings (SSSR count). The van der Waals surface area contributed by atoms with Gasteiger partial charge in [-0.3, -0.25) is 14.1 Å². The molecule has 0 unspecified atom stereocenters. The summed E-state index contributed by atoms with van der Waals surface area (Å²) >= 11 is 0. The molecule has 0 radical (unpaired) electrons. The number of anilines is 1. The first-order valence-electron chi connectivity index (χ1n) is 7.13. The van der Waals surface area contributed by atoms with Crippen molar-refractivity contribution in [2.24, 2.45) is 0 Å². The maximum absolute atomic E-state index is 13.1. The number of carbonyl (C=O) groups is 2. The van der Waals surface area contributed by atoms with Gasteiger partial charge in [-0.2, -0.15) is 21.6 Å². The third-order valence-corrected chi connectivity index (χ3v) is 4.74. The predicted octanol–water partition coefficient (Wildman–Crippen LogP) is 2.03. The summed E-state index contributed by atoms with van der Waals surface area (Å²) in [7, 11) is -4.60. The Hall–Kier alpha value is -1.72. The van der Waals surface area contributed by atoms with E-state index < -0.39 is 45.0 Å². The van der Waals surface area contributed by atoms with Crippen LogP contribution < -0.4 is 4.90 Å². The molecule has 2 aromatic carbocycles. The minimum atomic E-state index is -4.64. The van der Waals surface area contributed by atoms with E-state index in [9.17, 15) is 31.2 Å². The molecule has 1 aliphatic heterocycles. The molecule has 0 fully saturated rings. The quantitative estimate of drug-likeness (QED) is 0.476. The Morgan fingerprint density at radius 1 is 1.04 bits per heavy atom. The molecule has 0 spiro atoms. The van der Waals surface area contributed by atoms with E-state index in [1.165, 1.54) is 18.2 Å². The molecule has 0 bridgehead atoms. The molecule has 0 saturated carbocycles.